The maximum Gasteiger partial charge on any atom is 0.110 e. The van der Waals surface area contributed by atoms with E-state index in [0.717, 1.165) is 36.6 Å². The van der Waals surface area contributed by atoms with Crippen LogP contribution in [0.25, 0.3) is 11.4 Å². The second-order valence-electron chi connectivity index (χ2n) is 5.67. The fourth-order valence-corrected chi connectivity index (χ4v) is 2.81. The highest BCUT2D eigenvalue weighted by molar-refractivity contribution is 5.57. The van der Waals surface area contributed by atoms with Crippen molar-refractivity contribution in [3.63, 3.8) is 0 Å². The Balaban J connectivity index is 1.94. The fraction of sp³-hybridized carbons (Fsp3) is 0.533. The lowest BCUT2D eigenvalue weighted by molar-refractivity contribution is 0.535. The molecule has 1 saturated heterocycles. The molecule has 0 radical (unpaired) electrons. The predicted octanol–water partition coefficient (Wildman–Crippen LogP) is 2.07. The molecular formula is C15H21N5. The smallest absolute Gasteiger partial charge is 0.110 e. The summed E-state index contributed by atoms with van der Waals surface area (Å²) in [5.41, 5.74) is 3.13. The summed E-state index contributed by atoms with van der Waals surface area (Å²) in [6.45, 7) is 6.46. The predicted molar refractivity (Wildman–Crippen MR) is 78.3 cm³/mol. The molecule has 0 aromatic carbocycles. The van der Waals surface area contributed by atoms with Gasteiger partial charge in [-0.2, -0.15) is 5.10 Å². The van der Waals surface area contributed by atoms with E-state index in [1.54, 1.807) is 12.4 Å². The molecule has 1 aliphatic rings. The second-order valence-corrected chi connectivity index (χ2v) is 5.67. The molecule has 3 rings (SSSR count). The molecule has 1 atom stereocenters. The van der Waals surface area contributed by atoms with E-state index in [4.69, 9.17) is 0 Å². The molecule has 106 valence electrons. The van der Waals surface area contributed by atoms with Gasteiger partial charge in [0.2, 0.25) is 0 Å². The molecule has 0 aliphatic carbocycles. The van der Waals surface area contributed by atoms with Gasteiger partial charge in [0, 0.05) is 24.6 Å². The van der Waals surface area contributed by atoms with Crippen molar-refractivity contribution in [3.05, 3.63) is 30.4 Å². The first-order valence-corrected chi connectivity index (χ1v) is 7.30. The zero-order chi connectivity index (χ0) is 13.9. The molecule has 0 bridgehead atoms. The van der Waals surface area contributed by atoms with Crippen LogP contribution < -0.4 is 5.32 Å². The highest BCUT2D eigenvalue weighted by Crippen LogP contribution is 2.25. The van der Waals surface area contributed by atoms with Gasteiger partial charge in [0.05, 0.1) is 11.4 Å². The minimum absolute atomic E-state index is 0.322. The summed E-state index contributed by atoms with van der Waals surface area (Å²) in [4.78, 5) is 9.13. The minimum atomic E-state index is 0.322. The maximum absolute atomic E-state index is 4.57. The van der Waals surface area contributed by atoms with Crippen LogP contribution in [0.3, 0.4) is 0 Å². The Morgan fingerprint density at radius 1 is 1.30 bits per heavy atom. The largest absolute Gasteiger partial charge is 0.316 e. The Labute approximate surface area is 119 Å². The standard InChI is InChI=1S/C15H21N5/c1-11(2)20-14(4-6-19-20)15-13(17-7-8-18-15)9-12-3-5-16-10-12/h4,6-8,11-12,16H,3,5,9-10H2,1-2H3. The number of nitrogens with zero attached hydrogens (tertiary/aromatic N) is 4. The van der Waals surface area contributed by atoms with Crippen molar-refractivity contribution in [2.24, 2.45) is 5.92 Å². The number of rotatable bonds is 4. The maximum atomic E-state index is 4.57. The molecule has 0 saturated carbocycles. The van der Waals surface area contributed by atoms with Crippen LogP contribution in [0.4, 0.5) is 0 Å². The first-order valence-electron chi connectivity index (χ1n) is 7.30. The Kier molecular flexibility index (Phi) is 3.78. The highest BCUT2D eigenvalue weighted by atomic mass is 15.3. The Hall–Kier alpha value is -1.75. The van der Waals surface area contributed by atoms with Crippen molar-refractivity contribution < 1.29 is 0 Å². The third kappa shape index (κ3) is 2.58. The lowest BCUT2D eigenvalue weighted by atomic mass is 10.0. The first-order chi connectivity index (χ1) is 9.75. The van der Waals surface area contributed by atoms with Gasteiger partial charge in [-0.15, -0.1) is 0 Å². The summed E-state index contributed by atoms with van der Waals surface area (Å²) in [7, 11) is 0. The molecule has 0 amide bonds. The topological polar surface area (TPSA) is 55.6 Å². The van der Waals surface area contributed by atoms with Crippen molar-refractivity contribution >= 4 is 0 Å². The summed E-state index contributed by atoms with van der Waals surface area (Å²) in [6, 6.07) is 2.35. The van der Waals surface area contributed by atoms with Gasteiger partial charge in [0.25, 0.3) is 0 Å². The van der Waals surface area contributed by atoms with Gasteiger partial charge in [-0.25, -0.2) is 0 Å². The van der Waals surface area contributed by atoms with Gasteiger partial charge in [-0.05, 0) is 51.8 Å². The summed E-state index contributed by atoms with van der Waals surface area (Å²) < 4.78 is 2.01. The van der Waals surface area contributed by atoms with E-state index < -0.39 is 0 Å². The lowest BCUT2D eigenvalue weighted by Gasteiger charge is -2.14. The average molecular weight is 271 g/mol. The summed E-state index contributed by atoms with van der Waals surface area (Å²) >= 11 is 0. The van der Waals surface area contributed by atoms with Crippen LogP contribution in [0.1, 0.15) is 32.0 Å². The van der Waals surface area contributed by atoms with Crippen molar-refractivity contribution in [1.82, 2.24) is 25.1 Å². The Morgan fingerprint density at radius 3 is 2.90 bits per heavy atom. The molecule has 5 heteroatoms. The Morgan fingerprint density at radius 2 is 2.15 bits per heavy atom. The van der Waals surface area contributed by atoms with E-state index in [1.165, 1.54) is 6.42 Å². The molecule has 0 spiro atoms. The number of nitrogens with one attached hydrogen (secondary N) is 1. The van der Waals surface area contributed by atoms with E-state index >= 15 is 0 Å². The van der Waals surface area contributed by atoms with Crippen molar-refractivity contribution in [3.8, 4) is 11.4 Å². The zero-order valence-electron chi connectivity index (χ0n) is 12.1. The van der Waals surface area contributed by atoms with Crippen LogP contribution in [0, 0.1) is 5.92 Å². The molecule has 5 nitrogen and oxygen atoms in total. The van der Waals surface area contributed by atoms with Gasteiger partial charge in [0.15, 0.2) is 0 Å². The monoisotopic (exact) mass is 271 g/mol. The van der Waals surface area contributed by atoms with E-state index in [0.29, 0.717) is 12.0 Å². The van der Waals surface area contributed by atoms with Crippen LogP contribution >= 0.6 is 0 Å². The van der Waals surface area contributed by atoms with Crippen LogP contribution in [-0.2, 0) is 6.42 Å². The van der Waals surface area contributed by atoms with Crippen molar-refractivity contribution in [2.75, 3.05) is 13.1 Å². The molecular weight excluding hydrogens is 250 g/mol. The van der Waals surface area contributed by atoms with Crippen LogP contribution in [0.5, 0.6) is 0 Å². The normalized spacial score (nSPS) is 18.9. The van der Waals surface area contributed by atoms with E-state index in [1.807, 2.05) is 16.9 Å². The van der Waals surface area contributed by atoms with Gasteiger partial charge in [-0.1, -0.05) is 0 Å². The van der Waals surface area contributed by atoms with Crippen molar-refractivity contribution in [2.45, 2.75) is 32.7 Å². The summed E-state index contributed by atoms with van der Waals surface area (Å²) in [5.74, 6) is 0.667. The van der Waals surface area contributed by atoms with E-state index in [2.05, 4.69) is 34.2 Å². The summed E-state index contributed by atoms with van der Waals surface area (Å²) in [6.07, 6.45) is 7.60. The molecule has 3 heterocycles. The number of hydrogen-bond donors (Lipinski definition) is 1. The van der Waals surface area contributed by atoms with Gasteiger partial charge >= 0.3 is 0 Å². The highest BCUT2D eigenvalue weighted by Gasteiger charge is 2.20. The fourth-order valence-electron chi connectivity index (χ4n) is 2.81. The third-order valence-corrected chi connectivity index (χ3v) is 3.82. The first kappa shape index (κ1) is 13.2. The third-order valence-electron chi connectivity index (χ3n) is 3.82. The molecule has 2 aromatic heterocycles. The molecule has 2 aromatic rings. The molecule has 20 heavy (non-hydrogen) atoms. The molecule has 1 unspecified atom stereocenters. The van der Waals surface area contributed by atoms with E-state index in [9.17, 15) is 0 Å². The minimum Gasteiger partial charge on any atom is -0.316 e. The van der Waals surface area contributed by atoms with Crippen molar-refractivity contribution in [1.29, 1.82) is 0 Å². The van der Waals surface area contributed by atoms with Gasteiger partial charge < -0.3 is 5.32 Å². The zero-order valence-corrected chi connectivity index (χ0v) is 12.1. The lowest BCUT2D eigenvalue weighted by Crippen LogP contribution is -2.13. The Bertz CT molecular complexity index is 569. The quantitative estimate of drug-likeness (QED) is 0.925. The molecule has 1 N–H and O–H groups in total. The number of hydrogen-bond acceptors (Lipinski definition) is 4. The van der Waals surface area contributed by atoms with Gasteiger partial charge in [0.1, 0.15) is 5.69 Å². The van der Waals surface area contributed by atoms with Crippen LogP contribution in [-0.4, -0.2) is 32.8 Å². The average Bonchev–Trinajstić information content (AvgIpc) is 3.09. The van der Waals surface area contributed by atoms with Gasteiger partial charge in [-0.3, -0.25) is 14.6 Å². The molecule has 1 fully saturated rings. The SMILES string of the molecule is CC(C)n1nccc1-c1nccnc1CC1CCNC1. The number of aromatic nitrogens is 4. The molecule has 1 aliphatic heterocycles. The summed E-state index contributed by atoms with van der Waals surface area (Å²) in [5, 5.41) is 7.81. The van der Waals surface area contributed by atoms with Crippen LogP contribution in [0.15, 0.2) is 24.7 Å². The van der Waals surface area contributed by atoms with E-state index in [-0.39, 0.29) is 0 Å². The second kappa shape index (κ2) is 5.71. The van der Waals surface area contributed by atoms with Crippen LogP contribution in [0.2, 0.25) is 0 Å².